The molecular formula is C17H18F2N4O2. The normalized spacial score (nSPS) is 17.6. The summed E-state index contributed by atoms with van der Waals surface area (Å²) in [5.74, 6) is 0.247. The molecule has 1 aromatic heterocycles. The Morgan fingerprint density at radius 1 is 1.28 bits per heavy atom. The first-order valence-corrected chi connectivity index (χ1v) is 7.96. The highest BCUT2D eigenvalue weighted by Gasteiger charge is 2.24. The van der Waals surface area contributed by atoms with Crippen LogP contribution in [0.3, 0.4) is 0 Å². The number of nitrogens with two attached hydrogens (primary N) is 1. The van der Waals surface area contributed by atoms with E-state index in [0.717, 1.165) is 19.4 Å². The van der Waals surface area contributed by atoms with Gasteiger partial charge in [0.15, 0.2) is 5.82 Å². The van der Waals surface area contributed by atoms with Crippen LogP contribution in [0, 0.1) is 5.92 Å². The number of anilines is 1. The number of hydrogen-bond acceptors (Lipinski definition) is 5. The Labute approximate surface area is 143 Å². The molecule has 0 saturated carbocycles. The van der Waals surface area contributed by atoms with E-state index in [1.54, 1.807) is 24.3 Å². The van der Waals surface area contributed by atoms with Crippen molar-refractivity contribution in [2.75, 3.05) is 18.0 Å². The third kappa shape index (κ3) is 4.20. The van der Waals surface area contributed by atoms with Crippen molar-refractivity contribution in [2.45, 2.75) is 19.5 Å². The highest BCUT2D eigenvalue weighted by molar-refractivity contribution is 5.77. The summed E-state index contributed by atoms with van der Waals surface area (Å²) in [6.45, 7) is -1.56. The minimum atomic E-state index is -2.87. The van der Waals surface area contributed by atoms with Crippen LogP contribution < -0.4 is 15.4 Å². The molecule has 1 saturated heterocycles. The molecule has 0 bridgehead atoms. The number of amides is 1. The number of halogens is 2. The number of primary amides is 1. The Balaban J connectivity index is 1.75. The highest BCUT2D eigenvalue weighted by Crippen LogP contribution is 2.25. The van der Waals surface area contributed by atoms with Gasteiger partial charge in [0.05, 0.1) is 11.6 Å². The zero-order chi connectivity index (χ0) is 17.8. The van der Waals surface area contributed by atoms with Gasteiger partial charge in [-0.2, -0.15) is 8.78 Å². The van der Waals surface area contributed by atoms with Gasteiger partial charge in [-0.25, -0.2) is 0 Å². The summed E-state index contributed by atoms with van der Waals surface area (Å²) in [7, 11) is 0. The molecule has 2 aromatic rings. The molecule has 1 aliphatic heterocycles. The third-order valence-electron chi connectivity index (χ3n) is 4.15. The summed E-state index contributed by atoms with van der Waals surface area (Å²) in [6.07, 6.45) is 1.65. The van der Waals surface area contributed by atoms with Gasteiger partial charge in [-0.3, -0.25) is 4.79 Å². The van der Waals surface area contributed by atoms with Crippen LogP contribution >= 0.6 is 0 Å². The fraction of sp³-hybridized carbons (Fsp3) is 0.353. The van der Waals surface area contributed by atoms with Crippen LogP contribution in [0.15, 0.2) is 36.4 Å². The number of benzene rings is 1. The minimum absolute atomic E-state index is 0.0682. The fourth-order valence-electron chi connectivity index (χ4n) is 2.90. The standard InChI is InChI=1S/C17H18F2N4O2/c18-17(19)25-13-5-1-3-11(9-13)14-6-7-15(22-21-14)23-8-2-4-12(10-23)16(20)24/h1,3,5-7,9,12,17H,2,4,8,10H2,(H2,20,24)/t12-/m1/s1. The molecule has 0 spiro atoms. The lowest BCUT2D eigenvalue weighted by Crippen LogP contribution is -2.41. The summed E-state index contributed by atoms with van der Waals surface area (Å²) in [5, 5.41) is 8.36. The number of carbonyl (C=O) groups is 1. The van der Waals surface area contributed by atoms with Crippen LogP contribution in [-0.4, -0.2) is 35.8 Å². The van der Waals surface area contributed by atoms with E-state index in [-0.39, 0.29) is 17.6 Å². The molecule has 8 heteroatoms. The average molecular weight is 348 g/mol. The summed E-state index contributed by atoms with van der Waals surface area (Å²) in [6, 6.07) is 9.86. The van der Waals surface area contributed by atoms with Crippen LogP contribution in [0.5, 0.6) is 5.75 Å². The van der Waals surface area contributed by atoms with E-state index < -0.39 is 6.61 Å². The Morgan fingerprint density at radius 3 is 2.80 bits per heavy atom. The molecule has 1 fully saturated rings. The molecule has 132 valence electrons. The van der Waals surface area contributed by atoms with Gasteiger partial charge in [0.25, 0.3) is 0 Å². The zero-order valence-corrected chi connectivity index (χ0v) is 13.4. The van der Waals surface area contributed by atoms with Crippen molar-refractivity contribution in [3.8, 4) is 17.0 Å². The minimum Gasteiger partial charge on any atom is -0.435 e. The Kier molecular flexibility index (Phi) is 5.06. The molecule has 6 nitrogen and oxygen atoms in total. The number of carbonyl (C=O) groups excluding carboxylic acids is 1. The number of alkyl halides is 2. The quantitative estimate of drug-likeness (QED) is 0.898. The molecule has 1 aromatic carbocycles. The second-order valence-electron chi connectivity index (χ2n) is 5.87. The summed E-state index contributed by atoms with van der Waals surface area (Å²) < 4.78 is 29.0. The monoisotopic (exact) mass is 348 g/mol. The summed E-state index contributed by atoms with van der Waals surface area (Å²) in [5.41, 5.74) is 6.57. The van der Waals surface area contributed by atoms with Gasteiger partial charge in [0.2, 0.25) is 5.91 Å². The maximum absolute atomic E-state index is 12.3. The van der Waals surface area contributed by atoms with Gasteiger partial charge in [0.1, 0.15) is 5.75 Å². The Morgan fingerprint density at radius 2 is 2.12 bits per heavy atom. The maximum atomic E-state index is 12.3. The van der Waals surface area contributed by atoms with Gasteiger partial charge in [-0.05, 0) is 37.1 Å². The van der Waals surface area contributed by atoms with Gasteiger partial charge in [-0.1, -0.05) is 12.1 Å². The smallest absolute Gasteiger partial charge is 0.387 e. The molecule has 0 unspecified atom stereocenters. The Hall–Kier alpha value is -2.77. The molecule has 2 N–H and O–H groups in total. The second kappa shape index (κ2) is 7.42. The molecule has 1 amide bonds. The molecule has 0 aliphatic carbocycles. The Bertz CT molecular complexity index is 740. The largest absolute Gasteiger partial charge is 0.435 e. The number of ether oxygens (including phenoxy) is 1. The first kappa shape index (κ1) is 17.1. The van der Waals surface area contributed by atoms with E-state index >= 15 is 0 Å². The van der Waals surface area contributed by atoms with Gasteiger partial charge in [-0.15, -0.1) is 10.2 Å². The lowest BCUT2D eigenvalue weighted by molar-refractivity contribution is -0.122. The van der Waals surface area contributed by atoms with Crippen molar-refractivity contribution in [1.29, 1.82) is 0 Å². The van der Waals surface area contributed by atoms with E-state index in [2.05, 4.69) is 14.9 Å². The van der Waals surface area contributed by atoms with E-state index in [0.29, 0.717) is 23.6 Å². The number of nitrogens with zero attached hydrogens (tertiary/aromatic N) is 3. The highest BCUT2D eigenvalue weighted by atomic mass is 19.3. The number of aromatic nitrogens is 2. The van der Waals surface area contributed by atoms with Crippen molar-refractivity contribution in [3.05, 3.63) is 36.4 Å². The predicted octanol–water partition coefficient (Wildman–Crippen LogP) is 2.45. The topological polar surface area (TPSA) is 81.3 Å². The van der Waals surface area contributed by atoms with E-state index in [9.17, 15) is 13.6 Å². The van der Waals surface area contributed by atoms with Crippen molar-refractivity contribution >= 4 is 11.7 Å². The lowest BCUT2D eigenvalue weighted by Gasteiger charge is -2.31. The average Bonchev–Trinajstić information content (AvgIpc) is 2.62. The van der Waals surface area contributed by atoms with Crippen molar-refractivity contribution < 1.29 is 18.3 Å². The number of piperidine rings is 1. The van der Waals surface area contributed by atoms with Gasteiger partial charge in [0, 0.05) is 18.7 Å². The van der Waals surface area contributed by atoms with E-state index in [1.807, 2.05) is 4.90 Å². The fourth-order valence-corrected chi connectivity index (χ4v) is 2.90. The van der Waals surface area contributed by atoms with Crippen molar-refractivity contribution in [1.82, 2.24) is 10.2 Å². The molecule has 0 radical (unpaired) electrons. The SMILES string of the molecule is NC(=O)[C@@H]1CCCN(c2ccc(-c3cccc(OC(F)F)c3)nn2)C1. The summed E-state index contributed by atoms with van der Waals surface area (Å²) >= 11 is 0. The molecular weight excluding hydrogens is 330 g/mol. The van der Waals surface area contributed by atoms with Crippen molar-refractivity contribution in [2.24, 2.45) is 11.7 Å². The predicted molar refractivity (Wildman–Crippen MR) is 88.2 cm³/mol. The van der Waals surface area contributed by atoms with E-state index in [4.69, 9.17) is 5.73 Å². The van der Waals surface area contributed by atoms with E-state index in [1.165, 1.54) is 12.1 Å². The molecule has 2 heterocycles. The van der Waals surface area contributed by atoms with Crippen molar-refractivity contribution in [3.63, 3.8) is 0 Å². The first-order valence-electron chi connectivity index (χ1n) is 7.96. The maximum Gasteiger partial charge on any atom is 0.387 e. The molecule has 1 aliphatic rings. The van der Waals surface area contributed by atoms with Crippen LogP contribution in [0.25, 0.3) is 11.3 Å². The zero-order valence-electron chi connectivity index (χ0n) is 13.4. The first-order chi connectivity index (χ1) is 12.0. The van der Waals surface area contributed by atoms with Gasteiger partial charge < -0.3 is 15.4 Å². The molecule has 25 heavy (non-hydrogen) atoms. The lowest BCUT2D eigenvalue weighted by atomic mass is 9.97. The second-order valence-corrected chi connectivity index (χ2v) is 5.87. The van der Waals surface area contributed by atoms with Crippen LogP contribution in [0.1, 0.15) is 12.8 Å². The van der Waals surface area contributed by atoms with Gasteiger partial charge >= 0.3 is 6.61 Å². The van der Waals surface area contributed by atoms with Crippen LogP contribution in [0.4, 0.5) is 14.6 Å². The molecule has 3 rings (SSSR count). The summed E-state index contributed by atoms with van der Waals surface area (Å²) in [4.78, 5) is 13.4. The number of hydrogen-bond donors (Lipinski definition) is 1. The van der Waals surface area contributed by atoms with Crippen LogP contribution in [0.2, 0.25) is 0 Å². The number of rotatable bonds is 5. The third-order valence-corrected chi connectivity index (χ3v) is 4.15. The molecule has 1 atom stereocenters. The van der Waals surface area contributed by atoms with Crippen LogP contribution in [-0.2, 0) is 4.79 Å².